The van der Waals surface area contributed by atoms with Gasteiger partial charge >= 0.3 is 0 Å². The van der Waals surface area contributed by atoms with Crippen LogP contribution in [-0.4, -0.2) is 36.7 Å². The summed E-state index contributed by atoms with van der Waals surface area (Å²) in [6.07, 6.45) is 5.07. The van der Waals surface area contributed by atoms with Crippen molar-refractivity contribution in [3.63, 3.8) is 0 Å². The lowest BCUT2D eigenvalue weighted by Crippen LogP contribution is -2.40. The van der Waals surface area contributed by atoms with Crippen LogP contribution in [0.5, 0.6) is 0 Å². The Bertz CT molecular complexity index is 1060. The fraction of sp³-hybridized carbons (Fsp3) is 0.545. The Labute approximate surface area is 182 Å². The fourth-order valence-electron chi connectivity index (χ4n) is 4.85. The van der Waals surface area contributed by atoms with E-state index in [1.54, 1.807) is 6.20 Å². The molecule has 0 atom stereocenters. The summed E-state index contributed by atoms with van der Waals surface area (Å²) < 4.78 is 23.4. The Morgan fingerprint density at radius 2 is 2.07 bits per heavy atom. The lowest BCUT2D eigenvalue weighted by atomic mass is 9.86. The smallest absolute Gasteiger partial charge is 0.253 e. The minimum atomic E-state index is -1.22. The van der Waals surface area contributed by atoms with Gasteiger partial charge in [0.15, 0.2) is 11.0 Å². The van der Waals surface area contributed by atoms with Crippen molar-refractivity contribution in [1.82, 2.24) is 14.9 Å². The molecule has 3 heterocycles. The number of nitrogens with one attached hydrogen (secondary N) is 1. The second-order valence-electron chi connectivity index (χ2n) is 10.1. The average molecular weight is 448 g/mol. The predicted octanol–water partition coefficient (Wildman–Crippen LogP) is 4.53. The molecule has 5 rings (SSSR count). The Hall–Kier alpha value is -1.70. The maximum atomic E-state index is 15.2. The van der Waals surface area contributed by atoms with Gasteiger partial charge in [-0.3, -0.25) is 4.79 Å². The van der Waals surface area contributed by atoms with Crippen molar-refractivity contribution < 1.29 is 13.9 Å². The van der Waals surface area contributed by atoms with E-state index >= 15 is 4.39 Å². The zero-order chi connectivity index (χ0) is 21.3. The van der Waals surface area contributed by atoms with Gasteiger partial charge in [0.05, 0.1) is 11.3 Å². The van der Waals surface area contributed by atoms with Crippen molar-refractivity contribution in [2.75, 3.05) is 13.2 Å². The van der Waals surface area contributed by atoms with Crippen LogP contribution in [0.4, 0.5) is 4.39 Å². The van der Waals surface area contributed by atoms with E-state index in [2.05, 4.69) is 34.5 Å². The topological polar surface area (TPSA) is 56.1 Å². The molecule has 5 nitrogen and oxygen atoms in total. The van der Waals surface area contributed by atoms with E-state index in [0.717, 1.165) is 47.0 Å². The van der Waals surface area contributed by atoms with E-state index in [1.165, 1.54) is 0 Å². The van der Waals surface area contributed by atoms with Crippen molar-refractivity contribution >= 4 is 25.6 Å². The highest BCUT2D eigenvalue weighted by atomic mass is 35.5. The number of ether oxygens (including phenoxy) is 1. The van der Waals surface area contributed by atoms with Crippen LogP contribution in [0.2, 0.25) is 30.8 Å². The van der Waals surface area contributed by atoms with Gasteiger partial charge in [0.25, 0.3) is 5.91 Å². The monoisotopic (exact) mass is 447 g/mol. The van der Waals surface area contributed by atoms with Crippen molar-refractivity contribution in [3.05, 3.63) is 39.6 Å². The molecule has 3 aliphatic rings. The number of halogens is 2. The second-order valence-corrected chi connectivity index (χ2v) is 16.0. The Morgan fingerprint density at radius 3 is 2.77 bits per heavy atom. The van der Waals surface area contributed by atoms with E-state index in [4.69, 9.17) is 16.3 Å². The van der Waals surface area contributed by atoms with Crippen molar-refractivity contribution in [2.45, 2.75) is 63.5 Å². The lowest BCUT2D eigenvalue weighted by molar-refractivity contribution is 0.0832. The maximum Gasteiger partial charge on any atom is 0.253 e. The number of rotatable bonds is 5. The van der Waals surface area contributed by atoms with Crippen LogP contribution in [0, 0.1) is 5.82 Å². The summed E-state index contributed by atoms with van der Waals surface area (Å²) in [5.41, 5.74) is 4.74. The molecule has 1 amide bonds. The number of pyridine rings is 1. The van der Waals surface area contributed by atoms with Gasteiger partial charge in [-0.1, -0.05) is 31.2 Å². The number of amides is 1. The first-order valence-electron chi connectivity index (χ1n) is 10.7. The first kappa shape index (κ1) is 20.2. The number of carbonyl (C=O) groups is 1. The standard InChI is InChI=1S/C22H27ClFN3O2Si/c1-30(2,3)9-8-29-12-27-18-14(5-4-13-10-25-20(23)17(24)15(13)18)16-19(27)22(6-7-22)11-26-21(16)28/h10H,4-9,11-12H2,1-3H3,(H,26,28). The van der Waals surface area contributed by atoms with Gasteiger partial charge in [-0.15, -0.1) is 0 Å². The van der Waals surface area contributed by atoms with Gasteiger partial charge in [0.1, 0.15) is 6.73 Å². The molecule has 0 saturated heterocycles. The van der Waals surface area contributed by atoms with Crippen LogP contribution in [-0.2, 0) is 29.7 Å². The predicted molar refractivity (Wildman–Crippen MR) is 117 cm³/mol. The Balaban J connectivity index is 1.66. The molecular formula is C22H27ClFN3O2Si. The maximum absolute atomic E-state index is 15.2. The Morgan fingerprint density at radius 1 is 1.30 bits per heavy atom. The van der Waals surface area contributed by atoms with Gasteiger partial charge in [-0.05, 0) is 42.9 Å². The molecule has 30 heavy (non-hydrogen) atoms. The Kier molecular flexibility index (Phi) is 4.65. The summed E-state index contributed by atoms with van der Waals surface area (Å²) in [6.45, 7) is 8.60. The molecule has 8 heteroatoms. The van der Waals surface area contributed by atoms with E-state index in [1.807, 2.05) is 0 Å². The second kappa shape index (κ2) is 6.90. The molecule has 0 bridgehead atoms. The van der Waals surface area contributed by atoms with Crippen molar-refractivity contribution in [1.29, 1.82) is 0 Å². The molecule has 1 aliphatic heterocycles. The molecule has 2 aromatic heterocycles. The van der Waals surface area contributed by atoms with Crippen LogP contribution < -0.4 is 5.32 Å². The molecule has 0 aromatic carbocycles. The molecule has 1 N–H and O–H groups in total. The van der Waals surface area contributed by atoms with Crippen molar-refractivity contribution in [3.8, 4) is 11.3 Å². The number of hydrogen-bond acceptors (Lipinski definition) is 3. The SMILES string of the molecule is C[Si](C)(C)CCOCn1c2c(c3c1C1(CC1)CNC3=O)CCc1cnc(Cl)c(F)c1-2. The van der Waals surface area contributed by atoms with E-state index < -0.39 is 13.9 Å². The molecular weight excluding hydrogens is 421 g/mol. The molecule has 2 aliphatic carbocycles. The van der Waals surface area contributed by atoms with Gasteiger partial charge in [0, 0.05) is 44.1 Å². The van der Waals surface area contributed by atoms with Gasteiger partial charge < -0.3 is 14.6 Å². The van der Waals surface area contributed by atoms with Gasteiger partial charge in [-0.25, -0.2) is 9.37 Å². The minimum absolute atomic E-state index is 0.0455. The molecule has 1 spiro atoms. The van der Waals surface area contributed by atoms with Crippen LogP contribution in [0.1, 0.15) is 40.0 Å². The highest BCUT2D eigenvalue weighted by Crippen LogP contribution is 2.54. The van der Waals surface area contributed by atoms with E-state index in [0.29, 0.717) is 38.3 Å². The molecule has 0 unspecified atom stereocenters. The molecule has 0 radical (unpaired) electrons. The number of nitrogens with zero attached hydrogens (tertiary/aromatic N) is 2. The number of fused-ring (bicyclic) bond motifs is 6. The highest BCUT2D eigenvalue weighted by molar-refractivity contribution is 6.76. The lowest BCUT2D eigenvalue weighted by Gasteiger charge is -2.26. The highest BCUT2D eigenvalue weighted by Gasteiger charge is 2.53. The summed E-state index contributed by atoms with van der Waals surface area (Å²) in [5.74, 6) is -0.554. The van der Waals surface area contributed by atoms with Gasteiger partial charge in [0.2, 0.25) is 0 Å². The third-order valence-corrected chi connectivity index (χ3v) is 8.66. The van der Waals surface area contributed by atoms with Gasteiger partial charge in [-0.2, -0.15) is 0 Å². The largest absolute Gasteiger partial charge is 0.361 e. The number of aromatic nitrogens is 2. The number of aryl methyl sites for hydroxylation is 1. The fourth-order valence-corrected chi connectivity index (χ4v) is 5.75. The van der Waals surface area contributed by atoms with Crippen molar-refractivity contribution in [2.24, 2.45) is 0 Å². The summed E-state index contributed by atoms with van der Waals surface area (Å²) in [5, 5.41) is 2.94. The molecule has 2 aromatic rings. The number of hydrogen-bond donors (Lipinski definition) is 1. The third kappa shape index (κ3) is 3.13. The van der Waals surface area contributed by atoms with Crippen LogP contribution in [0.25, 0.3) is 11.3 Å². The zero-order valence-electron chi connectivity index (χ0n) is 17.7. The molecule has 1 saturated carbocycles. The van der Waals surface area contributed by atoms with Crippen LogP contribution in [0.15, 0.2) is 6.20 Å². The molecule has 1 fully saturated rings. The summed E-state index contributed by atoms with van der Waals surface area (Å²) >= 11 is 6.06. The van der Waals surface area contributed by atoms with Crippen LogP contribution >= 0.6 is 11.6 Å². The molecule has 160 valence electrons. The van der Waals surface area contributed by atoms with E-state index in [9.17, 15) is 4.79 Å². The zero-order valence-corrected chi connectivity index (χ0v) is 19.5. The minimum Gasteiger partial charge on any atom is -0.361 e. The van der Waals surface area contributed by atoms with Crippen LogP contribution in [0.3, 0.4) is 0 Å². The summed E-state index contributed by atoms with van der Waals surface area (Å²) in [7, 11) is -1.22. The normalized spacial score (nSPS) is 18.6. The summed E-state index contributed by atoms with van der Waals surface area (Å²) in [6, 6.07) is 1.06. The average Bonchev–Trinajstić information content (AvgIpc) is 3.38. The number of carbonyl (C=O) groups excluding carboxylic acids is 1. The first-order chi connectivity index (χ1) is 14.2. The first-order valence-corrected chi connectivity index (χ1v) is 14.8. The summed E-state index contributed by atoms with van der Waals surface area (Å²) in [4.78, 5) is 16.9. The quantitative estimate of drug-likeness (QED) is 0.416. The van der Waals surface area contributed by atoms with E-state index in [-0.39, 0.29) is 16.5 Å². The third-order valence-electron chi connectivity index (χ3n) is 6.69.